The van der Waals surface area contributed by atoms with E-state index in [9.17, 15) is 23.4 Å². The minimum absolute atomic E-state index is 0.105. The number of alkyl carbamates (subject to hydrolysis) is 1. The fourth-order valence-electron chi connectivity index (χ4n) is 3.27. The minimum atomic E-state index is -3.32. The van der Waals surface area contributed by atoms with Crippen molar-refractivity contribution in [1.29, 1.82) is 0 Å². The van der Waals surface area contributed by atoms with Gasteiger partial charge in [0.05, 0.1) is 17.5 Å². The number of carbonyl (C=O) groups excluding carboxylic acids is 1. The summed E-state index contributed by atoms with van der Waals surface area (Å²) in [5, 5.41) is 23.3. The maximum absolute atomic E-state index is 12.1. The number of hydrogen-bond donors (Lipinski definition) is 3. The van der Waals surface area contributed by atoms with E-state index in [4.69, 9.17) is 4.74 Å². The van der Waals surface area contributed by atoms with Crippen LogP contribution < -0.4 is 9.62 Å². The molecule has 3 rings (SSSR count). The first-order chi connectivity index (χ1) is 14.4. The molecule has 0 saturated carbocycles. The number of carbonyl (C=O) groups is 1. The Morgan fingerprint density at radius 1 is 1.13 bits per heavy atom. The summed E-state index contributed by atoms with van der Waals surface area (Å²) < 4.78 is 30.6. The molecule has 30 heavy (non-hydrogen) atoms. The topological polar surface area (TPSA) is 116 Å². The number of hydrogen-bond acceptors (Lipinski definition) is 6. The summed E-state index contributed by atoms with van der Waals surface area (Å²) in [6, 6.07) is 15.8. The average Bonchev–Trinajstić information content (AvgIpc) is 3.11. The molecule has 1 saturated heterocycles. The van der Waals surface area contributed by atoms with Gasteiger partial charge < -0.3 is 20.3 Å². The number of benzene rings is 2. The summed E-state index contributed by atoms with van der Waals surface area (Å²) >= 11 is 0. The molecule has 0 bridgehead atoms. The molecule has 1 fully saturated rings. The van der Waals surface area contributed by atoms with Crippen LogP contribution in [0.2, 0.25) is 0 Å². The van der Waals surface area contributed by atoms with Crippen molar-refractivity contribution in [3.8, 4) is 0 Å². The summed E-state index contributed by atoms with van der Waals surface area (Å²) in [5.41, 5.74) is 1.75. The predicted molar refractivity (Wildman–Crippen MR) is 112 cm³/mol. The van der Waals surface area contributed by atoms with Crippen molar-refractivity contribution in [3.63, 3.8) is 0 Å². The van der Waals surface area contributed by atoms with Gasteiger partial charge in [-0.2, -0.15) is 0 Å². The second-order valence-electron chi connectivity index (χ2n) is 7.13. The third-order valence-corrected chi connectivity index (χ3v) is 6.76. The number of amides is 1. The number of ether oxygens (including phenoxy) is 1. The first-order valence-corrected chi connectivity index (χ1v) is 11.4. The first-order valence-electron chi connectivity index (χ1n) is 9.78. The molecule has 8 nitrogen and oxygen atoms in total. The minimum Gasteiger partial charge on any atom is -0.445 e. The molecule has 9 heteroatoms. The lowest BCUT2D eigenvalue weighted by Crippen LogP contribution is -2.30. The molecule has 1 aliphatic rings. The molecular weight excluding hydrogens is 408 g/mol. The second kappa shape index (κ2) is 9.92. The van der Waals surface area contributed by atoms with Gasteiger partial charge in [0, 0.05) is 13.1 Å². The Labute approximate surface area is 176 Å². The van der Waals surface area contributed by atoms with E-state index in [2.05, 4.69) is 5.32 Å². The van der Waals surface area contributed by atoms with Crippen LogP contribution >= 0.6 is 0 Å². The third kappa shape index (κ3) is 5.71. The molecule has 0 aromatic heterocycles. The average molecular weight is 435 g/mol. The Hall–Kier alpha value is -2.62. The highest BCUT2D eigenvalue weighted by Gasteiger charge is 2.29. The number of rotatable bonds is 8. The van der Waals surface area contributed by atoms with Crippen LogP contribution in [0, 0.1) is 0 Å². The van der Waals surface area contributed by atoms with Crippen LogP contribution in [-0.4, -0.2) is 49.7 Å². The Morgan fingerprint density at radius 2 is 1.90 bits per heavy atom. The van der Waals surface area contributed by atoms with Gasteiger partial charge in [0.25, 0.3) is 0 Å². The van der Waals surface area contributed by atoms with Crippen molar-refractivity contribution in [2.24, 2.45) is 0 Å². The van der Waals surface area contributed by atoms with Crippen molar-refractivity contribution in [2.75, 3.05) is 23.1 Å². The molecule has 2 aromatic carbocycles. The molecule has 2 atom stereocenters. The highest BCUT2D eigenvalue weighted by Crippen LogP contribution is 2.28. The fourth-order valence-corrected chi connectivity index (χ4v) is 4.83. The van der Waals surface area contributed by atoms with Crippen LogP contribution in [0.5, 0.6) is 0 Å². The van der Waals surface area contributed by atoms with Crippen LogP contribution in [0.3, 0.4) is 0 Å². The molecule has 162 valence electrons. The van der Waals surface area contributed by atoms with E-state index in [-0.39, 0.29) is 25.3 Å². The monoisotopic (exact) mass is 434 g/mol. The molecule has 2 aromatic rings. The summed E-state index contributed by atoms with van der Waals surface area (Å²) in [6.45, 7) is 0.662. The Morgan fingerprint density at radius 3 is 2.60 bits per heavy atom. The zero-order chi connectivity index (χ0) is 21.6. The Balaban J connectivity index is 1.48. The second-order valence-corrected chi connectivity index (χ2v) is 9.14. The van der Waals surface area contributed by atoms with Crippen molar-refractivity contribution in [1.82, 2.24) is 5.32 Å². The molecule has 0 radical (unpaired) electrons. The molecule has 0 spiro atoms. The molecule has 1 heterocycles. The zero-order valence-corrected chi connectivity index (χ0v) is 17.3. The maximum Gasteiger partial charge on any atom is 0.407 e. The first kappa shape index (κ1) is 22.1. The van der Waals surface area contributed by atoms with E-state index in [0.29, 0.717) is 24.2 Å². The summed E-state index contributed by atoms with van der Waals surface area (Å²) in [7, 11) is -3.32. The lowest BCUT2D eigenvalue weighted by Gasteiger charge is -2.21. The molecular formula is C21H26N2O6S. The van der Waals surface area contributed by atoms with Crippen LogP contribution in [0.1, 0.15) is 30.1 Å². The van der Waals surface area contributed by atoms with Crippen LogP contribution in [0.15, 0.2) is 54.6 Å². The van der Waals surface area contributed by atoms with Crippen molar-refractivity contribution in [2.45, 2.75) is 31.7 Å². The number of aliphatic hydroxyl groups is 2. The Bertz CT molecular complexity index is 951. The van der Waals surface area contributed by atoms with E-state index >= 15 is 0 Å². The number of anilines is 1. The largest absolute Gasteiger partial charge is 0.445 e. The van der Waals surface area contributed by atoms with Crippen LogP contribution in [0.25, 0.3) is 0 Å². The van der Waals surface area contributed by atoms with E-state index in [1.807, 2.05) is 30.3 Å². The van der Waals surface area contributed by atoms with Crippen LogP contribution in [0.4, 0.5) is 10.5 Å². The van der Waals surface area contributed by atoms with Gasteiger partial charge in [-0.15, -0.1) is 0 Å². The standard InChI is InChI=1S/C21H26N2O6S/c24-19(10-11-22-21(26)29-15-16-6-2-1-3-7-16)20(25)17-8-4-9-18(14-17)23-12-5-13-30(23,27)28/h1-4,6-9,14,19-20,24-25H,5,10-13,15H2,(H,22,26). The van der Waals surface area contributed by atoms with Gasteiger partial charge in [-0.1, -0.05) is 42.5 Å². The maximum atomic E-state index is 12.1. The number of sulfonamides is 1. The normalized spacial score (nSPS) is 17.3. The SMILES string of the molecule is O=C(NCCC(O)C(O)c1cccc(N2CCCS2(=O)=O)c1)OCc1ccccc1. The smallest absolute Gasteiger partial charge is 0.407 e. The summed E-state index contributed by atoms with van der Waals surface area (Å²) in [4.78, 5) is 11.8. The van der Waals surface area contributed by atoms with Gasteiger partial charge in [-0.05, 0) is 36.1 Å². The quantitative estimate of drug-likeness (QED) is 0.585. The molecule has 0 aliphatic carbocycles. The van der Waals surface area contributed by atoms with Gasteiger partial charge >= 0.3 is 6.09 Å². The van der Waals surface area contributed by atoms with E-state index in [1.165, 1.54) is 4.31 Å². The molecule has 1 amide bonds. The highest BCUT2D eigenvalue weighted by molar-refractivity contribution is 7.93. The van der Waals surface area contributed by atoms with Crippen LogP contribution in [-0.2, 0) is 21.4 Å². The summed E-state index contributed by atoms with van der Waals surface area (Å²) in [5.74, 6) is 0.106. The molecule has 3 N–H and O–H groups in total. The number of nitrogens with one attached hydrogen (secondary N) is 1. The van der Waals surface area contributed by atoms with Gasteiger partial charge in [-0.3, -0.25) is 4.31 Å². The van der Waals surface area contributed by atoms with Gasteiger partial charge in [0.2, 0.25) is 10.0 Å². The van der Waals surface area contributed by atoms with Gasteiger partial charge in [-0.25, -0.2) is 13.2 Å². The lowest BCUT2D eigenvalue weighted by molar-refractivity contribution is 0.0136. The van der Waals surface area contributed by atoms with Crippen molar-refractivity contribution < 1.29 is 28.2 Å². The highest BCUT2D eigenvalue weighted by atomic mass is 32.2. The van der Waals surface area contributed by atoms with E-state index < -0.39 is 28.3 Å². The van der Waals surface area contributed by atoms with Gasteiger partial charge in [0.1, 0.15) is 12.7 Å². The fraction of sp³-hybridized carbons (Fsp3) is 0.381. The van der Waals surface area contributed by atoms with E-state index in [1.54, 1.807) is 24.3 Å². The zero-order valence-electron chi connectivity index (χ0n) is 16.5. The lowest BCUT2D eigenvalue weighted by atomic mass is 10.0. The van der Waals surface area contributed by atoms with Crippen molar-refractivity contribution in [3.05, 3.63) is 65.7 Å². The van der Waals surface area contributed by atoms with E-state index in [0.717, 1.165) is 5.56 Å². The molecule has 1 aliphatic heterocycles. The number of aliphatic hydroxyl groups excluding tert-OH is 2. The van der Waals surface area contributed by atoms with Crippen molar-refractivity contribution >= 4 is 21.8 Å². The predicted octanol–water partition coefficient (Wildman–Crippen LogP) is 1.94. The molecule has 2 unspecified atom stereocenters. The summed E-state index contributed by atoms with van der Waals surface area (Å²) in [6.07, 6.45) is -2.29. The Kier molecular flexibility index (Phi) is 7.30. The number of nitrogens with zero attached hydrogens (tertiary/aromatic N) is 1. The third-order valence-electron chi connectivity index (χ3n) is 4.89. The van der Waals surface area contributed by atoms with Gasteiger partial charge in [0.15, 0.2) is 0 Å².